The van der Waals surface area contributed by atoms with Crippen LogP contribution in [-0.4, -0.2) is 456 Å². The first-order valence-corrected chi connectivity index (χ1v) is 50.0. The van der Waals surface area contributed by atoms with Gasteiger partial charge in [-0.25, -0.2) is 9.59 Å². The van der Waals surface area contributed by atoms with Gasteiger partial charge in [0, 0.05) is 18.8 Å². The standard InChI is InChI=1S/C98H155NO46/c1-16-93(11,127)26-18-20-45(34-101)81(125)139-75-41(4)132-87(73(122)69(75)118)145-94(12,17-2)27-19-21-44(33-100)80(124)137-57-32-98(90(126)144-89-79(68(117)62(111)50(36-103)135-89)143-86-74(123)77(141-85-72(121)66(115)61(110)49(35-102)133-85)76(42(5)131-86)140-84-71(120)63(112)51(37-104)134-84)47(30-91(57,7)8)46-22-23-54-95(13)28-25-56(92(9,10)53(95)24-29-96(54,14)97(46,15)31-55(98)107)138-82-58(99-43(6)105)65(114)64(113)52(136-82)39-129-88-78(67(116)59(108)40(3)130-88)142-83-70(119)60(109)48(106)38-128-83/h16-17,20-22,40-42,47-79,82-89,100-104,106-123,127H,1-2,18-19,23-39H2,3-15H3,(H,99,105)/b44-21+,45-20+/t40-,41-,42+,47+,48-,49-,50-,51+,52-,53+,54-,55-,56+,57+,58-,59+,60+,61-,62-,63+,64-,65-,66+,67+,68+,69-,70-,71-,72-,73-,74-,75-,76+,77+,78-,79-,82+,83+,84+,85+,86+,87+,88-,89+,93?,94-,95+,96-,97-,98-/m1/s1. The molecular weight excluding hydrogens is 1930 g/mol. The van der Waals surface area contributed by atoms with Crippen molar-refractivity contribution in [1.82, 2.24) is 5.32 Å². The van der Waals surface area contributed by atoms with Gasteiger partial charge in [-0.2, -0.15) is 0 Å². The largest absolute Gasteiger partial charge is 0.458 e. The molecule has 13 rings (SSSR count). The molecule has 12 fully saturated rings. The SMILES string of the molecule is C=CC(C)(O)CC/C=C(\CO)C(=O)O[C@H]1[C@H](O)[C@@H](O)[C@H](O[C@](C)(C=C)CC/C=C(\CO)C(=O)O[C@H]2C[C@]3(C(=O)O[C@@H]4O[C@H](CO)[C@@H](O)[C@H](O)[C@H]4O[C@@H]4O[C@@H](C)[C@H](O[C@@H]5O[C@@H](CO)[C@H](O)[C@H]5O)[C@@H](O[C@@H]5O[C@H](CO)[C@@H](O)[C@H](O)[C@H]5O)[C@H]4O)[C@H](O)C[C@]4(C)C(=CC[C@@H]5[C@@]6(C)CC[C@H](O[C@@H]7O[C@H](CO[C@@H]8O[C@H](C)[C@H](O)[C@H](O)[C@H]8O[C@@H]8OC[C@@H](O)[C@H](O)[C@H]8O)[C@@H](O)[C@H](O)[C@H]7NC(C)=O)C(C)(C)[C@@H]6CC[C@]54C)[C@@H]3CC2(C)C)O[C@@H]1C. The Hall–Kier alpha value is -4.98. The monoisotopic (exact) mass is 2080 g/mol. The summed E-state index contributed by atoms with van der Waals surface area (Å²) in [5, 5.41) is 272. The zero-order chi connectivity index (χ0) is 107. The molecule has 145 heavy (non-hydrogen) atoms. The summed E-state index contributed by atoms with van der Waals surface area (Å²) in [7, 11) is 0. The Morgan fingerprint density at radius 1 is 0.476 bits per heavy atom. The Labute approximate surface area is 839 Å². The molecule has 0 aromatic rings. The number of fused-ring (bicyclic) bond motifs is 7. The minimum atomic E-state index is -2.30. The van der Waals surface area contributed by atoms with Crippen molar-refractivity contribution in [3.63, 3.8) is 0 Å². The molecule has 8 aliphatic heterocycles. The smallest absolute Gasteiger partial charge is 0.336 e. The number of rotatable bonds is 35. The summed E-state index contributed by atoms with van der Waals surface area (Å²) in [4.78, 5) is 58.4. The van der Waals surface area contributed by atoms with Crippen LogP contribution < -0.4 is 5.32 Å². The van der Waals surface area contributed by atoms with E-state index in [1.165, 1.54) is 58.9 Å². The molecule has 50 atom stereocenters. The Morgan fingerprint density at radius 2 is 0.979 bits per heavy atom. The second kappa shape index (κ2) is 46.4. The highest BCUT2D eigenvalue weighted by Crippen LogP contribution is 2.76. The number of ether oxygens (including phenoxy) is 18. The lowest BCUT2D eigenvalue weighted by Gasteiger charge is -2.72. The summed E-state index contributed by atoms with van der Waals surface area (Å²) >= 11 is 0. The van der Waals surface area contributed by atoms with Crippen molar-refractivity contribution in [3.05, 3.63) is 60.3 Å². The van der Waals surface area contributed by atoms with Crippen molar-refractivity contribution in [2.24, 2.45) is 50.2 Å². The van der Waals surface area contributed by atoms with E-state index in [4.69, 9.17) is 85.3 Å². The first-order chi connectivity index (χ1) is 68.0. The van der Waals surface area contributed by atoms with E-state index in [0.29, 0.717) is 37.7 Å². The van der Waals surface area contributed by atoms with Crippen LogP contribution in [0.5, 0.6) is 0 Å². The summed E-state index contributed by atoms with van der Waals surface area (Å²) in [5.74, 6) is -5.48. The van der Waals surface area contributed by atoms with E-state index in [9.17, 15) is 132 Å². The molecule has 1 unspecified atom stereocenters. The molecule has 13 aliphatic rings. The molecule has 0 radical (unpaired) electrons. The molecule has 47 nitrogen and oxygen atoms in total. The van der Waals surface area contributed by atoms with Gasteiger partial charge in [0.1, 0.15) is 164 Å². The number of allylic oxidation sites excluding steroid dienone is 4. The zero-order valence-corrected chi connectivity index (χ0v) is 83.9. The molecule has 47 heteroatoms. The number of hydrogen-bond acceptors (Lipinski definition) is 46. The Balaban J connectivity index is 0.788. The number of esters is 3. The zero-order valence-electron chi connectivity index (χ0n) is 83.9. The summed E-state index contributed by atoms with van der Waals surface area (Å²) in [6, 6.07) is -1.38. The maximum atomic E-state index is 16.9. The predicted molar refractivity (Wildman–Crippen MR) is 490 cm³/mol. The Bertz CT molecular complexity index is 4490. The van der Waals surface area contributed by atoms with Crippen LogP contribution in [0.3, 0.4) is 0 Å². The molecule has 0 bridgehead atoms. The van der Waals surface area contributed by atoms with E-state index < -0.39 is 378 Å². The first kappa shape index (κ1) is 117. The van der Waals surface area contributed by atoms with E-state index in [0.717, 1.165) is 0 Å². The lowest BCUT2D eigenvalue weighted by atomic mass is 9.33. The molecule has 4 saturated carbocycles. The van der Waals surface area contributed by atoms with E-state index >= 15 is 9.59 Å². The number of carbonyl (C=O) groups is 4. The predicted octanol–water partition coefficient (Wildman–Crippen LogP) is -5.92. The highest BCUT2D eigenvalue weighted by atomic mass is 16.8. The van der Waals surface area contributed by atoms with Gasteiger partial charge in [0.05, 0.1) is 99.1 Å². The third-order valence-electron chi connectivity index (χ3n) is 34.0. The van der Waals surface area contributed by atoms with Crippen LogP contribution in [0.15, 0.2) is 60.3 Å². The van der Waals surface area contributed by atoms with Crippen LogP contribution >= 0.6 is 0 Å². The quantitative estimate of drug-likeness (QED) is 0.00924. The molecule has 5 aliphatic carbocycles. The first-order valence-electron chi connectivity index (χ1n) is 50.0. The van der Waals surface area contributed by atoms with Gasteiger partial charge in [0.25, 0.3) is 0 Å². The van der Waals surface area contributed by atoms with Crippen LogP contribution in [0.1, 0.15) is 167 Å². The minimum absolute atomic E-state index is 0.0571. The van der Waals surface area contributed by atoms with E-state index in [-0.39, 0.29) is 61.5 Å². The number of aliphatic hydroxyl groups is 24. The normalized spacial score (nSPS) is 47.7. The maximum absolute atomic E-state index is 16.9. The minimum Gasteiger partial charge on any atom is -0.458 e. The summed E-state index contributed by atoms with van der Waals surface area (Å²) in [6.45, 7) is 24.5. The summed E-state index contributed by atoms with van der Waals surface area (Å²) in [6.07, 6.45) is -60.6. The van der Waals surface area contributed by atoms with Gasteiger partial charge in [-0.05, 0) is 145 Å². The Morgan fingerprint density at radius 3 is 1.59 bits per heavy atom. The van der Waals surface area contributed by atoms with Crippen molar-refractivity contribution >= 4 is 23.8 Å². The van der Waals surface area contributed by atoms with Crippen LogP contribution in [0, 0.1) is 50.2 Å². The number of hydrogen-bond donors (Lipinski definition) is 25. The average molecular weight is 2080 g/mol. The second-order valence-corrected chi connectivity index (χ2v) is 44.1. The fourth-order valence-corrected chi connectivity index (χ4v) is 24.7. The molecule has 1 amide bonds. The van der Waals surface area contributed by atoms with E-state index in [1.54, 1.807) is 20.8 Å². The van der Waals surface area contributed by atoms with Crippen LogP contribution in [0.4, 0.5) is 0 Å². The third-order valence-corrected chi connectivity index (χ3v) is 34.0. The number of nitrogens with one attached hydrogen (secondary N) is 1. The third kappa shape index (κ3) is 23.0. The molecule has 0 aromatic carbocycles. The van der Waals surface area contributed by atoms with Crippen molar-refractivity contribution in [2.45, 2.75) is 430 Å². The van der Waals surface area contributed by atoms with E-state index in [1.807, 2.05) is 20.8 Å². The average Bonchev–Trinajstić information content (AvgIpc) is 1.26. The topological polar surface area (TPSA) is 732 Å². The molecule has 0 spiro atoms. The highest BCUT2D eigenvalue weighted by Gasteiger charge is 2.74. The van der Waals surface area contributed by atoms with E-state index in [2.05, 4.69) is 38.4 Å². The van der Waals surface area contributed by atoms with Gasteiger partial charge in [-0.3, -0.25) is 9.59 Å². The van der Waals surface area contributed by atoms with Crippen LogP contribution in [0.2, 0.25) is 0 Å². The lowest BCUT2D eigenvalue weighted by molar-refractivity contribution is -0.390. The van der Waals surface area contributed by atoms with Gasteiger partial charge >= 0.3 is 17.9 Å². The van der Waals surface area contributed by atoms with Gasteiger partial charge in [0.2, 0.25) is 12.2 Å². The summed E-state index contributed by atoms with van der Waals surface area (Å²) < 4.78 is 110. The van der Waals surface area contributed by atoms with Crippen LogP contribution in [-0.2, 0) is 104 Å². The molecule has 8 heterocycles. The summed E-state index contributed by atoms with van der Waals surface area (Å²) in [5.41, 5.74) is -9.16. The van der Waals surface area contributed by atoms with Crippen molar-refractivity contribution in [3.8, 4) is 0 Å². The Kier molecular flexibility index (Phi) is 37.4. The number of amides is 1. The van der Waals surface area contributed by atoms with Gasteiger partial charge in [0.15, 0.2) is 56.2 Å². The van der Waals surface area contributed by atoms with Gasteiger partial charge < -0.3 is 213 Å². The molecule has 828 valence electrons. The van der Waals surface area contributed by atoms with Crippen molar-refractivity contribution < 1.29 is 227 Å². The maximum Gasteiger partial charge on any atom is 0.336 e. The molecular formula is C98H155NO46. The lowest BCUT2D eigenvalue weighted by Crippen LogP contribution is -2.70. The fourth-order valence-electron chi connectivity index (χ4n) is 24.7. The second-order valence-electron chi connectivity index (χ2n) is 44.1. The highest BCUT2D eigenvalue weighted by molar-refractivity contribution is 5.89. The van der Waals surface area contributed by atoms with Gasteiger partial charge in [-0.15, -0.1) is 13.2 Å². The van der Waals surface area contributed by atoms with Gasteiger partial charge in [-0.1, -0.05) is 84.4 Å². The number of carbonyl (C=O) groups excluding carboxylic acids is 4. The van der Waals surface area contributed by atoms with Crippen molar-refractivity contribution in [1.29, 1.82) is 0 Å². The molecule has 25 N–H and O–H groups in total. The van der Waals surface area contributed by atoms with Crippen LogP contribution in [0.25, 0.3) is 0 Å². The van der Waals surface area contributed by atoms with Crippen molar-refractivity contribution in [2.75, 3.05) is 46.2 Å². The molecule has 0 aromatic heterocycles. The number of aliphatic hydroxyl groups excluding tert-OH is 23. The molecule has 8 saturated heterocycles. The fraction of sp³-hybridized carbons (Fsp3) is 0.857.